The van der Waals surface area contributed by atoms with Gasteiger partial charge in [0.05, 0.1) is 23.2 Å². The van der Waals surface area contributed by atoms with Crippen LogP contribution in [0.1, 0.15) is 28.5 Å². The maximum atomic E-state index is 12.7. The number of carboxylic acids is 1. The van der Waals surface area contributed by atoms with Crippen LogP contribution in [0.25, 0.3) is 5.69 Å². The van der Waals surface area contributed by atoms with Gasteiger partial charge in [-0.2, -0.15) is 0 Å². The van der Waals surface area contributed by atoms with Gasteiger partial charge in [0.25, 0.3) is 11.5 Å². The van der Waals surface area contributed by atoms with Crippen LogP contribution in [-0.4, -0.2) is 26.8 Å². The van der Waals surface area contributed by atoms with E-state index in [2.05, 4.69) is 26.3 Å². The van der Waals surface area contributed by atoms with Gasteiger partial charge in [-0.25, -0.2) is 4.68 Å². The molecule has 0 aliphatic carbocycles. The number of hydrogen-bond acceptors (Lipinski definition) is 3. The average molecular weight is 465 g/mol. The van der Waals surface area contributed by atoms with Crippen LogP contribution in [0, 0.1) is 0 Å². The van der Waals surface area contributed by atoms with Crippen LogP contribution in [0.4, 0.5) is 0 Å². The number of carbonyl (C=O) groups is 2. The minimum atomic E-state index is -1.07. The normalized spacial score (nSPS) is 11.8. The molecule has 0 radical (unpaired) electrons. The van der Waals surface area contributed by atoms with Crippen LogP contribution in [-0.2, 0) is 4.79 Å². The van der Waals surface area contributed by atoms with Crippen molar-refractivity contribution in [3.8, 4) is 5.69 Å². The van der Waals surface area contributed by atoms with Crippen LogP contribution in [0.2, 0.25) is 5.02 Å². The number of rotatable bonds is 6. The largest absolute Gasteiger partial charge is 0.481 e. The number of benzene rings is 2. The molecule has 0 aliphatic rings. The molecular formula is C19H15BrClN3O4. The van der Waals surface area contributed by atoms with Crippen molar-refractivity contribution >= 4 is 39.4 Å². The molecule has 3 rings (SSSR count). The Balaban J connectivity index is 1.90. The van der Waals surface area contributed by atoms with E-state index in [9.17, 15) is 19.5 Å². The monoisotopic (exact) mass is 463 g/mol. The molecule has 144 valence electrons. The average Bonchev–Trinajstić information content (AvgIpc) is 3.03. The molecule has 3 aromatic rings. The number of H-pyrrole nitrogens is 1. The first-order chi connectivity index (χ1) is 13.4. The molecule has 2 aromatic carbocycles. The highest BCUT2D eigenvalue weighted by molar-refractivity contribution is 9.10. The number of aromatic nitrogens is 2. The van der Waals surface area contributed by atoms with Crippen LogP contribution in [0.3, 0.4) is 0 Å². The summed E-state index contributed by atoms with van der Waals surface area (Å²) in [6.07, 6.45) is -0.316. The van der Waals surface area contributed by atoms with Crippen LogP contribution in [0.5, 0.6) is 0 Å². The fourth-order valence-electron chi connectivity index (χ4n) is 2.73. The molecule has 0 aliphatic heterocycles. The second-order valence-electron chi connectivity index (χ2n) is 5.94. The smallest absolute Gasteiger partial charge is 0.305 e. The fourth-order valence-corrected chi connectivity index (χ4v) is 3.51. The van der Waals surface area contributed by atoms with E-state index in [0.29, 0.717) is 20.7 Å². The lowest BCUT2D eigenvalue weighted by Crippen LogP contribution is -2.30. The zero-order valence-electron chi connectivity index (χ0n) is 14.4. The minimum absolute atomic E-state index is 0.00707. The zero-order chi connectivity index (χ0) is 20.3. The van der Waals surface area contributed by atoms with Crippen molar-refractivity contribution in [2.75, 3.05) is 0 Å². The molecule has 7 nitrogen and oxygen atoms in total. The van der Waals surface area contributed by atoms with Gasteiger partial charge in [0.2, 0.25) is 0 Å². The van der Waals surface area contributed by atoms with E-state index in [1.165, 1.54) is 0 Å². The van der Waals surface area contributed by atoms with Crippen LogP contribution >= 0.6 is 27.5 Å². The predicted molar refractivity (Wildman–Crippen MR) is 108 cm³/mol. The summed E-state index contributed by atoms with van der Waals surface area (Å²) < 4.78 is 1.82. The number of nitrogens with one attached hydrogen (secondary N) is 2. The third-order valence-electron chi connectivity index (χ3n) is 4.02. The first-order valence-corrected chi connectivity index (χ1v) is 9.38. The molecule has 9 heteroatoms. The van der Waals surface area contributed by atoms with Gasteiger partial charge in [0.1, 0.15) is 5.69 Å². The summed E-state index contributed by atoms with van der Waals surface area (Å²) in [6.45, 7) is 0. The molecule has 0 saturated heterocycles. The third kappa shape index (κ3) is 4.35. The number of hydrogen-bond donors (Lipinski definition) is 3. The van der Waals surface area contributed by atoms with Crippen molar-refractivity contribution < 1.29 is 14.7 Å². The van der Waals surface area contributed by atoms with E-state index in [0.717, 1.165) is 10.7 Å². The standard InChI is InChI=1S/C19H15BrClN3O4/c20-12-6-2-1-5-11(12)14(10-18(26)27)22-19(28)15-9-17(25)24(23-15)16-8-4-3-7-13(16)21/h1-9,14,23H,10H2,(H,22,28)(H,26,27)/t14-/m0/s1. The summed E-state index contributed by atoms with van der Waals surface area (Å²) in [6, 6.07) is 14.1. The third-order valence-corrected chi connectivity index (χ3v) is 5.06. The molecule has 0 fully saturated rings. The lowest BCUT2D eigenvalue weighted by atomic mass is 10.0. The Bertz CT molecular complexity index is 1090. The number of carbonyl (C=O) groups excluding carboxylic acids is 1. The first kappa shape index (κ1) is 19.9. The molecular weight excluding hydrogens is 450 g/mol. The molecule has 28 heavy (non-hydrogen) atoms. The summed E-state index contributed by atoms with van der Waals surface area (Å²) in [5, 5.41) is 14.9. The van der Waals surface area contributed by atoms with E-state index >= 15 is 0 Å². The zero-order valence-corrected chi connectivity index (χ0v) is 16.7. The van der Waals surface area contributed by atoms with Gasteiger partial charge in [-0.1, -0.05) is 57.9 Å². The molecule has 0 unspecified atom stereocenters. The maximum Gasteiger partial charge on any atom is 0.305 e. The van der Waals surface area contributed by atoms with Crippen LogP contribution in [0.15, 0.2) is 63.9 Å². The quantitative estimate of drug-likeness (QED) is 0.519. The molecule has 1 heterocycles. The minimum Gasteiger partial charge on any atom is -0.481 e. The van der Waals surface area contributed by atoms with Gasteiger partial charge in [-0.15, -0.1) is 0 Å². The van der Waals surface area contributed by atoms with Crippen molar-refractivity contribution in [3.05, 3.63) is 85.7 Å². The summed E-state index contributed by atoms with van der Waals surface area (Å²) in [7, 11) is 0. The van der Waals surface area contributed by atoms with E-state index in [-0.39, 0.29) is 12.1 Å². The van der Waals surface area contributed by atoms with Gasteiger partial charge in [-0.05, 0) is 23.8 Å². The second kappa shape index (κ2) is 8.45. The summed E-state index contributed by atoms with van der Waals surface area (Å²) in [5.41, 5.74) is 0.550. The van der Waals surface area contributed by atoms with E-state index in [1.807, 2.05) is 0 Å². The van der Waals surface area contributed by atoms with Crippen molar-refractivity contribution in [1.29, 1.82) is 0 Å². The van der Waals surface area contributed by atoms with Gasteiger partial charge >= 0.3 is 5.97 Å². The fraction of sp³-hybridized carbons (Fsp3) is 0.105. The van der Waals surface area contributed by atoms with Gasteiger partial charge < -0.3 is 10.4 Å². The van der Waals surface area contributed by atoms with Crippen LogP contribution < -0.4 is 10.9 Å². The Morgan fingerprint density at radius 1 is 1.18 bits per heavy atom. The molecule has 0 bridgehead atoms. The molecule has 0 saturated carbocycles. The van der Waals surface area contributed by atoms with E-state index in [1.54, 1.807) is 48.5 Å². The number of amides is 1. The highest BCUT2D eigenvalue weighted by Crippen LogP contribution is 2.26. The lowest BCUT2D eigenvalue weighted by Gasteiger charge is -2.18. The van der Waals surface area contributed by atoms with Gasteiger partial charge in [-0.3, -0.25) is 19.5 Å². The molecule has 1 atom stereocenters. The lowest BCUT2D eigenvalue weighted by molar-refractivity contribution is -0.137. The SMILES string of the molecule is O=C(O)C[C@H](NC(=O)c1cc(=O)n(-c2ccccc2Cl)[nH]1)c1ccccc1Br. The Morgan fingerprint density at radius 2 is 1.86 bits per heavy atom. The molecule has 1 amide bonds. The summed E-state index contributed by atoms with van der Waals surface area (Å²) in [4.78, 5) is 36.2. The van der Waals surface area contributed by atoms with Gasteiger partial charge in [0.15, 0.2) is 0 Å². The highest BCUT2D eigenvalue weighted by Gasteiger charge is 2.22. The van der Waals surface area contributed by atoms with Crippen molar-refractivity contribution in [3.63, 3.8) is 0 Å². The predicted octanol–water partition coefficient (Wildman–Crippen LogP) is 3.53. The maximum absolute atomic E-state index is 12.7. The van der Waals surface area contributed by atoms with E-state index < -0.39 is 23.5 Å². The Morgan fingerprint density at radius 3 is 2.54 bits per heavy atom. The van der Waals surface area contributed by atoms with Crippen molar-refractivity contribution in [2.45, 2.75) is 12.5 Å². The number of carboxylic acid groups (broad SMARTS) is 1. The highest BCUT2D eigenvalue weighted by atomic mass is 79.9. The van der Waals surface area contributed by atoms with Crippen molar-refractivity contribution in [1.82, 2.24) is 15.1 Å². The molecule has 3 N–H and O–H groups in total. The second-order valence-corrected chi connectivity index (χ2v) is 7.20. The number of para-hydroxylation sites is 1. The number of nitrogens with zero attached hydrogens (tertiary/aromatic N) is 1. The summed E-state index contributed by atoms with van der Waals surface area (Å²) in [5.74, 6) is -1.67. The van der Waals surface area contributed by atoms with Crippen molar-refractivity contribution in [2.24, 2.45) is 0 Å². The Kier molecular flexibility index (Phi) is 6.01. The topological polar surface area (TPSA) is 104 Å². The Labute approximate surface area is 173 Å². The molecule has 0 spiro atoms. The number of aliphatic carboxylic acids is 1. The van der Waals surface area contributed by atoms with E-state index in [4.69, 9.17) is 11.6 Å². The first-order valence-electron chi connectivity index (χ1n) is 8.21. The number of aromatic amines is 1. The number of halogens is 2. The van der Waals surface area contributed by atoms with Gasteiger partial charge in [0, 0.05) is 10.5 Å². The summed E-state index contributed by atoms with van der Waals surface area (Å²) >= 11 is 9.47. The Hall–Kier alpha value is -2.84. The molecule has 1 aromatic heterocycles.